The van der Waals surface area contributed by atoms with E-state index in [0.29, 0.717) is 12.2 Å². The third-order valence-corrected chi connectivity index (χ3v) is 3.98. The number of aromatic hydroxyl groups is 1. The quantitative estimate of drug-likeness (QED) is 0.856. The second-order valence-electron chi connectivity index (χ2n) is 5.59. The highest BCUT2D eigenvalue weighted by Crippen LogP contribution is 2.26. The second kappa shape index (κ2) is 8.20. The number of hydrogen-bond acceptors (Lipinski definition) is 3. The predicted octanol–water partition coefficient (Wildman–Crippen LogP) is 3.78. The molecule has 1 aromatic rings. The Morgan fingerprint density at radius 2 is 1.47 bits per heavy atom. The Labute approximate surface area is 115 Å². The Balaban J connectivity index is 0.000000186. The molecule has 0 atom stereocenters. The van der Waals surface area contributed by atoms with Crippen molar-refractivity contribution >= 4 is 0 Å². The van der Waals surface area contributed by atoms with Crippen LogP contribution < -0.4 is 0 Å². The summed E-state index contributed by atoms with van der Waals surface area (Å²) in [5.74, 6) is 0.0370. The van der Waals surface area contributed by atoms with Crippen molar-refractivity contribution in [3.8, 4) is 5.88 Å². The van der Waals surface area contributed by atoms with Crippen molar-refractivity contribution in [1.82, 2.24) is 10.2 Å². The van der Waals surface area contributed by atoms with Crippen LogP contribution in [0, 0.1) is 0 Å². The standard InChI is InChI=1S/C12H22O.C3H4N2O/c1-3-7-11(8-4-1)13-12-9-5-2-6-10-12;6-3-1-2-4-5-3/h11-12H,1-10H2;1-2H,(H2,4,5,6). The predicted molar refractivity (Wildman–Crippen MR) is 75.1 cm³/mol. The molecule has 2 saturated carbocycles. The smallest absolute Gasteiger partial charge is 0.229 e. The molecule has 0 amide bonds. The normalized spacial score (nSPS) is 21.7. The number of aromatic amines is 1. The molecule has 2 aliphatic rings. The van der Waals surface area contributed by atoms with Gasteiger partial charge in [-0.25, -0.2) is 0 Å². The van der Waals surface area contributed by atoms with Crippen LogP contribution in [0.5, 0.6) is 5.88 Å². The Morgan fingerprint density at radius 1 is 0.947 bits per heavy atom. The number of hydrogen-bond donors (Lipinski definition) is 2. The molecule has 2 fully saturated rings. The van der Waals surface area contributed by atoms with Crippen LogP contribution in [0.15, 0.2) is 12.3 Å². The second-order valence-corrected chi connectivity index (χ2v) is 5.59. The van der Waals surface area contributed by atoms with Crippen molar-refractivity contribution in [3.63, 3.8) is 0 Å². The lowest BCUT2D eigenvalue weighted by molar-refractivity contribution is -0.0450. The van der Waals surface area contributed by atoms with Gasteiger partial charge >= 0.3 is 0 Å². The number of aromatic nitrogens is 2. The number of ether oxygens (including phenoxy) is 1. The zero-order valence-corrected chi connectivity index (χ0v) is 11.7. The van der Waals surface area contributed by atoms with Gasteiger partial charge in [0.25, 0.3) is 0 Å². The lowest BCUT2D eigenvalue weighted by atomic mass is 9.95. The zero-order valence-electron chi connectivity index (χ0n) is 11.7. The highest BCUT2D eigenvalue weighted by atomic mass is 16.5. The monoisotopic (exact) mass is 266 g/mol. The molecule has 4 heteroatoms. The first kappa shape index (κ1) is 14.4. The minimum Gasteiger partial charge on any atom is -0.492 e. The minimum absolute atomic E-state index is 0.0370. The Hall–Kier alpha value is -1.03. The lowest BCUT2D eigenvalue weighted by Gasteiger charge is -2.29. The fraction of sp³-hybridized carbons (Fsp3) is 0.800. The molecule has 2 aliphatic carbocycles. The molecular formula is C15H26N2O2. The lowest BCUT2D eigenvalue weighted by Crippen LogP contribution is -2.25. The molecule has 108 valence electrons. The van der Waals surface area contributed by atoms with Gasteiger partial charge in [0.05, 0.1) is 12.2 Å². The Bertz CT molecular complexity index is 299. The van der Waals surface area contributed by atoms with E-state index in [2.05, 4.69) is 10.2 Å². The molecule has 0 radical (unpaired) electrons. The van der Waals surface area contributed by atoms with Crippen LogP contribution >= 0.6 is 0 Å². The third-order valence-electron chi connectivity index (χ3n) is 3.98. The van der Waals surface area contributed by atoms with Gasteiger partial charge in [0.1, 0.15) is 0 Å². The van der Waals surface area contributed by atoms with Crippen LogP contribution in [-0.4, -0.2) is 27.5 Å². The molecule has 0 unspecified atom stereocenters. The average molecular weight is 266 g/mol. The first-order chi connectivity index (χ1) is 9.34. The summed E-state index contributed by atoms with van der Waals surface area (Å²) in [5, 5.41) is 14.1. The van der Waals surface area contributed by atoms with Crippen molar-refractivity contribution in [2.45, 2.75) is 76.4 Å². The van der Waals surface area contributed by atoms with Gasteiger partial charge in [0.15, 0.2) is 0 Å². The van der Waals surface area contributed by atoms with E-state index in [9.17, 15) is 0 Å². The van der Waals surface area contributed by atoms with Gasteiger partial charge in [-0.3, -0.25) is 5.10 Å². The van der Waals surface area contributed by atoms with E-state index in [0.717, 1.165) is 0 Å². The molecule has 0 aromatic carbocycles. The summed E-state index contributed by atoms with van der Waals surface area (Å²) in [4.78, 5) is 0. The summed E-state index contributed by atoms with van der Waals surface area (Å²) in [5.41, 5.74) is 0. The molecule has 0 spiro atoms. The number of nitrogens with one attached hydrogen (secondary N) is 1. The highest BCUT2D eigenvalue weighted by molar-refractivity contribution is 5.00. The first-order valence-electron chi connectivity index (χ1n) is 7.69. The van der Waals surface area contributed by atoms with Crippen LogP contribution in [-0.2, 0) is 4.74 Å². The molecule has 0 aliphatic heterocycles. The van der Waals surface area contributed by atoms with Gasteiger partial charge < -0.3 is 9.84 Å². The van der Waals surface area contributed by atoms with Gasteiger partial charge in [-0.1, -0.05) is 38.5 Å². The molecule has 4 nitrogen and oxygen atoms in total. The maximum atomic E-state index is 8.33. The van der Waals surface area contributed by atoms with Crippen LogP contribution in [0.2, 0.25) is 0 Å². The summed E-state index contributed by atoms with van der Waals surface area (Å²) in [6.07, 6.45) is 16.6. The van der Waals surface area contributed by atoms with Crippen molar-refractivity contribution in [2.75, 3.05) is 0 Å². The van der Waals surface area contributed by atoms with Gasteiger partial charge in [-0.15, -0.1) is 5.10 Å². The minimum atomic E-state index is 0.0370. The van der Waals surface area contributed by atoms with E-state index in [1.165, 1.54) is 70.3 Å². The molecular weight excluding hydrogens is 240 g/mol. The number of H-pyrrole nitrogens is 1. The summed E-state index contributed by atoms with van der Waals surface area (Å²) >= 11 is 0. The van der Waals surface area contributed by atoms with Gasteiger partial charge in [-0.2, -0.15) is 0 Å². The molecule has 0 saturated heterocycles. The summed E-state index contributed by atoms with van der Waals surface area (Å²) in [7, 11) is 0. The number of nitrogens with zero attached hydrogens (tertiary/aromatic N) is 1. The maximum absolute atomic E-state index is 8.33. The van der Waals surface area contributed by atoms with E-state index in [1.807, 2.05) is 0 Å². The van der Waals surface area contributed by atoms with E-state index >= 15 is 0 Å². The van der Waals surface area contributed by atoms with Crippen LogP contribution in [0.4, 0.5) is 0 Å². The van der Waals surface area contributed by atoms with Crippen molar-refractivity contribution < 1.29 is 9.84 Å². The summed E-state index contributed by atoms with van der Waals surface area (Å²) in [6, 6.07) is 1.47. The topological polar surface area (TPSA) is 58.1 Å². The van der Waals surface area contributed by atoms with Crippen molar-refractivity contribution in [2.24, 2.45) is 0 Å². The molecule has 0 bridgehead atoms. The fourth-order valence-electron chi connectivity index (χ4n) is 2.93. The average Bonchev–Trinajstić information content (AvgIpc) is 2.93. The van der Waals surface area contributed by atoms with Crippen LogP contribution in [0.25, 0.3) is 0 Å². The highest BCUT2D eigenvalue weighted by Gasteiger charge is 2.20. The van der Waals surface area contributed by atoms with Gasteiger partial charge in [0, 0.05) is 12.3 Å². The van der Waals surface area contributed by atoms with Crippen LogP contribution in [0.3, 0.4) is 0 Å². The van der Waals surface area contributed by atoms with Gasteiger partial charge in [0.2, 0.25) is 5.88 Å². The van der Waals surface area contributed by atoms with Crippen molar-refractivity contribution in [3.05, 3.63) is 12.3 Å². The number of rotatable bonds is 2. The van der Waals surface area contributed by atoms with E-state index in [1.54, 1.807) is 6.20 Å². The van der Waals surface area contributed by atoms with E-state index in [4.69, 9.17) is 9.84 Å². The maximum Gasteiger partial charge on any atom is 0.229 e. The molecule has 19 heavy (non-hydrogen) atoms. The fourth-order valence-corrected chi connectivity index (χ4v) is 2.93. The molecule has 1 aromatic heterocycles. The molecule has 1 heterocycles. The first-order valence-corrected chi connectivity index (χ1v) is 7.69. The van der Waals surface area contributed by atoms with E-state index in [-0.39, 0.29) is 5.88 Å². The Kier molecular flexibility index (Phi) is 6.21. The van der Waals surface area contributed by atoms with Crippen molar-refractivity contribution in [1.29, 1.82) is 0 Å². The van der Waals surface area contributed by atoms with Gasteiger partial charge in [-0.05, 0) is 25.7 Å². The summed E-state index contributed by atoms with van der Waals surface area (Å²) < 4.78 is 6.13. The third kappa shape index (κ3) is 5.64. The van der Waals surface area contributed by atoms with E-state index < -0.39 is 0 Å². The zero-order chi connectivity index (χ0) is 13.3. The summed E-state index contributed by atoms with van der Waals surface area (Å²) in [6.45, 7) is 0. The Morgan fingerprint density at radius 3 is 1.79 bits per heavy atom. The van der Waals surface area contributed by atoms with Crippen LogP contribution in [0.1, 0.15) is 64.2 Å². The molecule has 3 rings (SSSR count). The molecule has 2 N–H and O–H groups in total. The largest absolute Gasteiger partial charge is 0.492 e. The SMILES string of the molecule is C1CCC(OC2CCCCC2)CC1.Oc1cc[nH]n1.